The SMILES string of the molecule is COc1ccc(C2(c3ccc(OC)cc3)C=Cc3c4c(c5cc(C)c(-c6ccc(OC)cc6OC)cc5c3O2)-c2ccccc2C42CC(C)(C)CC(C)(CN=[N+]=[N-])C2)cc1. The Morgan fingerprint density at radius 1 is 0.683 bits per heavy atom. The Labute approximate surface area is 352 Å². The summed E-state index contributed by atoms with van der Waals surface area (Å²) < 4.78 is 30.7. The highest BCUT2D eigenvalue weighted by Gasteiger charge is 2.56. The molecule has 1 fully saturated rings. The Kier molecular flexibility index (Phi) is 9.40. The van der Waals surface area contributed by atoms with E-state index in [0.717, 1.165) is 92.2 Å². The molecule has 9 rings (SSSR count). The van der Waals surface area contributed by atoms with Gasteiger partial charge < -0.3 is 23.7 Å². The molecule has 3 aliphatic rings. The Hall–Kier alpha value is -6.37. The molecule has 2 unspecified atom stereocenters. The van der Waals surface area contributed by atoms with E-state index in [1.165, 1.54) is 22.3 Å². The largest absolute Gasteiger partial charge is 0.497 e. The topological polar surface area (TPSA) is 94.9 Å². The molecule has 2 atom stereocenters. The van der Waals surface area contributed by atoms with Gasteiger partial charge in [0.05, 0.1) is 28.4 Å². The van der Waals surface area contributed by atoms with Crippen LogP contribution in [0.15, 0.2) is 114 Å². The zero-order valence-electron chi connectivity index (χ0n) is 35.7. The van der Waals surface area contributed by atoms with Crippen LogP contribution in [-0.2, 0) is 11.0 Å². The zero-order chi connectivity index (χ0) is 42.0. The number of methoxy groups -OCH3 is 4. The molecule has 0 radical (unpaired) electrons. The highest BCUT2D eigenvalue weighted by atomic mass is 16.5. The van der Waals surface area contributed by atoms with Crippen molar-refractivity contribution in [2.45, 2.75) is 58.0 Å². The van der Waals surface area contributed by atoms with E-state index in [2.05, 4.69) is 117 Å². The number of rotatable bonds is 9. The van der Waals surface area contributed by atoms with Gasteiger partial charge in [-0.25, -0.2) is 0 Å². The average Bonchev–Trinajstić information content (AvgIpc) is 3.52. The predicted molar refractivity (Wildman–Crippen MR) is 240 cm³/mol. The molecular weight excluding hydrogens is 747 g/mol. The highest BCUT2D eigenvalue weighted by molar-refractivity contribution is 6.10. The first-order valence-electron chi connectivity index (χ1n) is 20.6. The van der Waals surface area contributed by atoms with Crippen molar-refractivity contribution < 1.29 is 23.7 Å². The van der Waals surface area contributed by atoms with Crippen molar-refractivity contribution in [3.63, 3.8) is 0 Å². The van der Waals surface area contributed by atoms with E-state index in [9.17, 15) is 5.53 Å². The summed E-state index contributed by atoms with van der Waals surface area (Å²) in [6.07, 6.45) is 7.27. The summed E-state index contributed by atoms with van der Waals surface area (Å²) in [4.78, 5) is 3.26. The third-order valence-corrected chi connectivity index (χ3v) is 13.2. The minimum absolute atomic E-state index is 0.0611. The van der Waals surface area contributed by atoms with Crippen LogP contribution in [0.5, 0.6) is 28.7 Å². The molecule has 6 aromatic carbocycles. The fraction of sp³-hybridized carbons (Fsp3) is 0.308. The molecule has 8 heteroatoms. The molecular formula is C52H51N3O5. The van der Waals surface area contributed by atoms with Crippen LogP contribution in [-0.4, -0.2) is 35.0 Å². The minimum Gasteiger partial charge on any atom is -0.497 e. The normalized spacial score (nSPS) is 20.3. The van der Waals surface area contributed by atoms with Gasteiger partial charge in [0.15, 0.2) is 5.60 Å². The molecule has 0 saturated heterocycles. The van der Waals surface area contributed by atoms with Gasteiger partial charge in [0.1, 0.15) is 28.7 Å². The number of hydrogen-bond acceptors (Lipinski definition) is 6. The molecule has 0 aromatic heterocycles. The summed E-state index contributed by atoms with van der Waals surface area (Å²) in [5.41, 5.74) is 19.1. The molecule has 60 heavy (non-hydrogen) atoms. The van der Waals surface area contributed by atoms with Crippen LogP contribution >= 0.6 is 0 Å². The van der Waals surface area contributed by atoms with Gasteiger partial charge in [-0.2, -0.15) is 0 Å². The van der Waals surface area contributed by atoms with Crippen molar-refractivity contribution in [2.24, 2.45) is 15.9 Å². The molecule has 1 saturated carbocycles. The Balaban J connectivity index is 1.40. The Morgan fingerprint density at radius 2 is 1.33 bits per heavy atom. The lowest BCUT2D eigenvalue weighted by Crippen LogP contribution is -2.46. The van der Waals surface area contributed by atoms with E-state index >= 15 is 0 Å². The lowest BCUT2D eigenvalue weighted by Gasteiger charge is -2.53. The van der Waals surface area contributed by atoms with Crippen LogP contribution in [0.2, 0.25) is 0 Å². The van der Waals surface area contributed by atoms with Crippen molar-refractivity contribution in [1.82, 2.24) is 0 Å². The van der Waals surface area contributed by atoms with E-state index in [4.69, 9.17) is 23.7 Å². The van der Waals surface area contributed by atoms with Crippen LogP contribution in [0, 0.1) is 17.8 Å². The third-order valence-electron chi connectivity index (χ3n) is 13.2. The molecule has 1 aliphatic heterocycles. The molecule has 6 aromatic rings. The van der Waals surface area contributed by atoms with Gasteiger partial charge in [-0.3, -0.25) is 0 Å². The molecule has 1 spiro atoms. The van der Waals surface area contributed by atoms with E-state index < -0.39 is 5.60 Å². The first-order valence-corrected chi connectivity index (χ1v) is 20.6. The van der Waals surface area contributed by atoms with Gasteiger partial charge in [-0.05, 0) is 130 Å². The first kappa shape index (κ1) is 39.1. The number of benzene rings is 6. The number of fused-ring (bicyclic) bond motifs is 10. The summed E-state index contributed by atoms with van der Waals surface area (Å²) in [7, 11) is 6.74. The summed E-state index contributed by atoms with van der Waals surface area (Å²) in [6, 6.07) is 35.9. The van der Waals surface area contributed by atoms with E-state index in [1.54, 1.807) is 28.4 Å². The molecule has 0 N–H and O–H groups in total. The average molecular weight is 798 g/mol. The maximum atomic E-state index is 9.58. The molecule has 8 nitrogen and oxygen atoms in total. The first-order chi connectivity index (χ1) is 28.9. The number of nitrogens with zero attached hydrogens (tertiary/aromatic N) is 3. The molecule has 2 aliphatic carbocycles. The number of azide groups is 1. The van der Waals surface area contributed by atoms with Gasteiger partial charge in [-0.1, -0.05) is 86.6 Å². The second-order valence-electron chi connectivity index (χ2n) is 17.9. The van der Waals surface area contributed by atoms with Crippen LogP contribution in [0.4, 0.5) is 0 Å². The van der Waals surface area contributed by atoms with Gasteiger partial charge >= 0.3 is 0 Å². The standard InChI is InChI=1S/C52H51N3O5/c1-32-25-42-43(27-41(32)38-22-21-37(58-7)26-45(38)59-8)48-40(23-24-52(60-48,33-13-17-35(56-5)18-14-33)34-15-19-36(57-6)20-16-34)47-46(42)39-11-9-10-12-44(39)51(47)29-49(2,3)28-50(4,30-51)31-54-55-53/h9-27H,28-31H2,1-8H3. The number of ether oxygens (including phenoxy) is 5. The van der Waals surface area contributed by atoms with Crippen LogP contribution < -0.4 is 23.7 Å². The monoisotopic (exact) mass is 797 g/mol. The molecule has 304 valence electrons. The zero-order valence-corrected chi connectivity index (χ0v) is 35.7. The highest BCUT2D eigenvalue weighted by Crippen LogP contribution is 2.67. The van der Waals surface area contributed by atoms with Crippen molar-refractivity contribution in [3.8, 4) is 51.0 Å². The molecule has 0 amide bonds. The van der Waals surface area contributed by atoms with Crippen molar-refractivity contribution in [2.75, 3.05) is 35.0 Å². The number of hydrogen-bond donors (Lipinski definition) is 0. The third kappa shape index (κ3) is 6.07. The van der Waals surface area contributed by atoms with E-state index in [0.29, 0.717) is 6.54 Å². The van der Waals surface area contributed by atoms with Gasteiger partial charge in [0.25, 0.3) is 0 Å². The quantitative estimate of drug-likeness (QED) is 0.0825. The molecule has 1 heterocycles. The minimum atomic E-state index is -1.00. The second kappa shape index (κ2) is 14.4. The Bertz CT molecular complexity index is 2700. The van der Waals surface area contributed by atoms with Crippen molar-refractivity contribution in [1.29, 1.82) is 0 Å². The summed E-state index contributed by atoms with van der Waals surface area (Å²) in [5.74, 6) is 3.81. The van der Waals surface area contributed by atoms with E-state index in [1.807, 2.05) is 36.4 Å². The smallest absolute Gasteiger partial charge is 0.178 e. The predicted octanol–water partition coefficient (Wildman–Crippen LogP) is 13.0. The maximum absolute atomic E-state index is 9.58. The Morgan fingerprint density at radius 3 is 1.97 bits per heavy atom. The van der Waals surface area contributed by atoms with Crippen LogP contribution in [0.1, 0.15) is 73.4 Å². The van der Waals surface area contributed by atoms with Crippen molar-refractivity contribution in [3.05, 3.63) is 153 Å². The van der Waals surface area contributed by atoms with Crippen LogP contribution in [0.3, 0.4) is 0 Å². The maximum Gasteiger partial charge on any atom is 0.178 e. The second-order valence-corrected chi connectivity index (χ2v) is 17.9. The molecule has 0 bridgehead atoms. The fourth-order valence-electron chi connectivity index (χ4n) is 11.4. The van der Waals surface area contributed by atoms with Crippen LogP contribution in [0.25, 0.3) is 49.5 Å². The van der Waals surface area contributed by atoms with E-state index in [-0.39, 0.29) is 16.2 Å². The number of aryl methyl sites for hydroxylation is 1. The summed E-state index contributed by atoms with van der Waals surface area (Å²) in [5, 5.41) is 6.37. The van der Waals surface area contributed by atoms with Gasteiger partial charge in [0.2, 0.25) is 0 Å². The van der Waals surface area contributed by atoms with Crippen molar-refractivity contribution >= 4 is 16.8 Å². The van der Waals surface area contributed by atoms with Gasteiger partial charge in [-0.15, -0.1) is 0 Å². The lowest BCUT2D eigenvalue weighted by molar-refractivity contribution is 0.0569. The summed E-state index contributed by atoms with van der Waals surface area (Å²) >= 11 is 0. The fourth-order valence-corrected chi connectivity index (χ4v) is 11.4. The summed E-state index contributed by atoms with van der Waals surface area (Å²) in [6.45, 7) is 9.67. The van der Waals surface area contributed by atoms with Gasteiger partial charge in [0, 0.05) is 50.6 Å². The lowest BCUT2D eigenvalue weighted by atomic mass is 9.51.